The van der Waals surface area contributed by atoms with E-state index in [1.165, 1.54) is 4.90 Å². The van der Waals surface area contributed by atoms with E-state index >= 15 is 0 Å². The second kappa shape index (κ2) is 7.26. The molecule has 1 aliphatic heterocycles. The Labute approximate surface area is 143 Å². The van der Waals surface area contributed by atoms with E-state index in [1.54, 1.807) is 16.9 Å². The molecule has 1 amide bonds. The molecule has 3 rings (SSSR count). The molecule has 0 radical (unpaired) electrons. The number of hydrogen-bond donors (Lipinski definition) is 1. The molecular weight excluding hydrogens is 333 g/mol. The standard InChI is InChI=1S/C17H19F3N4O/c18-17(19,20)12-23-9-7-13(11-23)10-21-16(25)15-6-8-22-24(15)14-4-2-1-3-5-14/h1-6,8,13H,7,9-12H2,(H,21,25). The zero-order valence-electron chi connectivity index (χ0n) is 13.5. The summed E-state index contributed by atoms with van der Waals surface area (Å²) in [6.07, 6.45) is -1.99. The van der Waals surface area contributed by atoms with Gasteiger partial charge in [-0.3, -0.25) is 9.69 Å². The van der Waals surface area contributed by atoms with Gasteiger partial charge in [-0.25, -0.2) is 4.68 Å². The lowest BCUT2D eigenvalue weighted by atomic mass is 10.1. The topological polar surface area (TPSA) is 50.2 Å². The molecule has 134 valence electrons. The van der Waals surface area contributed by atoms with Gasteiger partial charge in [0.05, 0.1) is 18.4 Å². The molecule has 1 fully saturated rings. The summed E-state index contributed by atoms with van der Waals surface area (Å²) in [6.45, 7) is 0.213. The Hall–Kier alpha value is -2.35. The first-order valence-electron chi connectivity index (χ1n) is 8.09. The van der Waals surface area contributed by atoms with E-state index in [9.17, 15) is 18.0 Å². The molecule has 8 heteroatoms. The largest absolute Gasteiger partial charge is 0.401 e. The van der Waals surface area contributed by atoms with E-state index in [0.29, 0.717) is 31.7 Å². The number of carbonyl (C=O) groups excluding carboxylic acids is 1. The van der Waals surface area contributed by atoms with Crippen LogP contribution in [0.15, 0.2) is 42.6 Å². The number of para-hydroxylation sites is 1. The number of likely N-dealkylation sites (tertiary alicyclic amines) is 1. The fourth-order valence-electron chi connectivity index (χ4n) is 3.05. The van der Waals surface area contributed by atoms with Gasteiger partial charge in [0.25, 0.3) is 5.91 Å². The average Bonchev–Trinajstić information content (AvgIpc) is 3.21. The van der Waals surface area contributed by atoms with Gasteiger partial charge >= 0.3 is 6.18 Å². The highest BCUT2D eigenvalue weighted by atomic mass is 19.4. The SMILES string of the molecule is O=C(NCC1CCN(CC(F)(F)F)C1)c1ccnn1-c1ccccc1. The van der Waals surface area contributed by atoms with Crippen LogP contribution in [0.4, 0.5) is 13.2 Å². The Morgan fingerprint density at radius 3 is 2.72 bits per heavy atom. The molecule has 0 saturated carbocycles. The minimum Gasteiger partial charge on any atom is -0.350 e. The van der Waals surface area contributed by atoms with E-state index in [1.807, 2.05) is 30.3 Å². The van der Waals surface area contributed by atoms with Crippen LogP contribution in [0.1, 0.15) is 16.9 Å². The number of hydrogen-bond acceptors (Lipinski definition) is 3. The summed E-state index contributed by atoms with van der Waals surface area (Å²) in [5.74, 6) is -0.255. The number of carbonyl (C=O) groups is 1. The van der Waals surface area contributed by atoms with Crippen LogP contribution in [-0.4, -0.2) is 52.9 Å². The number of rotatable bonds is 5. The molecule has 0 aliphatic carbocycles. The minimum absolute atomic E-state index is 0.0272. The van der Waals surface area contributed by atoms with Crippen molar-refractivity contribution < 1.29 is 18.0 Å². The van der Waals surface area contributed by atoms with E-state index < -0.39 is 12.7 Å². The Bertz CT molecular complexity index is 714. The Kier molecular flexibility index (Phi) is 5.08. The lowest BCUT2D eigenvalue weighted by molar-refractivity contribution is -0.143. The molecular formula is C17H19F3N4O. The van der Waals surface area contributed by atoms with E-state index in [0.717, 1.165) is 5.69 Å². The fourth-order valence-corrected chi connectivity index (χ4v) is 3.05. The van der Waals surface area contributed by atoms with Crippen molar-refractivity contribution in [3.05, 3.63) is 48.3 Å². The van der Waals surface area contributed by atoms with Gasteiger partial charge in [-0.15, -0.1) is 0 Å². The van der Waals surface area contributed by atoms with Gasteiger partial charge in [0.2, 0.25) is 0 Å². The van der Waals surface area contributed by atoms with Crippen molar-refractivity contribution in [1.82, 2.24) is 20.0 Å². The number of aromatic nitrogens is 2. The van der Waals surface area contributed by atoms with E-state index in [4.69, 9.17) is 0 Å². The fraction of sp³-hybridized carbons (Fsp3) is 0.412. The smallest absolute Gasteiger partial charge is 0.350 e. The third-order valence-electron chi connectivity index (χ3n) is 4.20. The van der Waals surface area contributed by atoms with Crippen LogP contribution in [0.2, 0.25) is 0 Å². The maximum Gasteiger partial charge on any atom is 0.401 e. The summed E-state index contributed by atoms with van der Waals surface area (Å²) in [5.41, 5.74) is 1.17. The molecule has 2 aromatic rings. The molecule has 1 saturated heterocycles. The van der Waals surface area contributed by atoms with Gasteiger partial charge < -0.3 is 5.32 Å². The van der Waals surface area contributed by atoms with Gasteiger partial charge in [0, 0.05) is 13.1 Å². The van der Waals surface area contributed by atoms with Crippen molar-refractivity contribution in [2.24, 2.45) is 5.92 Å². The Morgan fingerprint density at radius 2 is 2.00 bits per heavy atom. The van der Waals surface area contributed by atoms with Crippen LogP contribution < -0.4 is 5.32 Å². The molecule has 25 heavy (non-hydrogen) atoms. The van der Waals surface area contributed by atoms with Crippen LogP contribution >= 0.6 is 0 Å². The normalized spacial score (nSPS) is 18.4. The van der Waals surface area contributed by atoms with Crippen molar-refractivity contribution in [1.29, 1.82) is 0 Å². The third kappa shape index (κ3) is 4.60. The zero-order valence-corrected chi connectivity index (χ0v) is 13.5. The summed E-state index contributed by atoms with van der Waals surface area (Å²) < 4.78 is 38.8. The predicted molar refractivity (Wildman–Crippen MR) is 86.5 cm³/mol. The van der Waals surface area contributed by atoms with Gasteiger partial charge in [-0.05, 0) is 37.1 Å². The van der Waals surface area contributed by atoms with Gasteiger partial charge in [0.15, 0.2) is 0 Å². The summed E-state index contributed by atoms with van der Waals surface area (Å²) in [7, 11) is 0. The number of nitrogens with zero attached hydrogens (tertiary/aromatic N) is 3. The van der Waals surface area contributed by atoms with Crippen molar-refractivity contribution in [3.63, 3.8) is 0 Å². The van der Waals surface area contributed by atoms with Crippen LogP contribution in [0.25, 0.3) is 5.69 Å². The summed E-state index contributed by atoms with van der Waals surface area (Å²) in [4.78, 5) is 13.8. The highest BCUT2D eigenvalue weighted by molar-refractivity contribution is 5.93. The van der Waals surface area contributed by atoms with E-state index in [-0.39, 0.29) is 11.8 Å². The van der Waals surface area contributed by atoms with Crippen molar-refractivity contribution in [2.75, 3.05) is 26.2 Å². The van der Waals surface area contributed by atoms with Crippen LogP contribution in [0.5, 0.6) is 0 Å². The second-order valence-corrected chi connectivity index (χ2v) is 6.18. The maximum absolute atomic E-state index is 12.4. The molecule has 5 nitrogen and oxygen atoms in total. The average molecular weight is 352 g/mol. The molecule has 1 aromatic heterocycles. The Balaban J connectivity index is 1.55. The third-order valence-corrected chi connectivity index (χ3v) is 4.20. The number of amides is 1. The number of nitrogens with one attached hydrogen (secondary N) is 1. The molecule has 1 N–H and O–H groups in total. The van der Waals surface area contributed by atoms with Crippen LogP contribution in [0.3, 0.4) is 0 Å². The van der Waals surface area contributed by atoms with Gasteiger partial charge in [0.1, 0.15) is 5.69 Å². The van der Waals surface area contributed by atoms with Crippen molar-refractivity contribution in [3.8, 4) is 5.69 Å². The van der Waals surface area contributed by atoms with Gasteiger partial charge in [-0.1, -0.05) is 18.2 Å². The lowest BCUT2D eigenvalue weighted by Gasteiger charge is -2.18. The Morgan fingerprint density at radius 1 is 1.24 bits per heavy atom. The molecule has 1 aliphatic rings. The molecule has 1 atom stereocenters. The molecule has 1 aromatic carbocycles. The number of benzene rings is 1. The maximum atomic E-state index is 12.4. The number of alkyl halides is 3. The summed E-state index contributed by atoms with van der Waals surface area (Å²) in [6, 6.07) is 10.9. The first-order chi connectivity index (χ1) is 11.9. The van der Waals surface area contributed by atoms with Crippen LogP contribution in [0, 0.1) is 5.92 Å². The van der Waals surface area contributed by atoms with Crippen molar-refractivity contribution in [2.45, 2.75) is 12.6 Å². The molecule has 2 heterocycles. The zero-order chi connectivity index (χ0) is 17.9. The first kappa shape index (κ1) is 17.5. The minimum atomic E-state index is -4.18. The number of halogens is 3. The van der Waals surface area contributed by atoms with Gasteiger partial charge in [-0.2, -0.15) is 18.3 Å². The monoisotopic (exact) mass is 352 g/mol. The lowest BCUT2D eigenvalue weighted by Crippen LogP contribution is -2.35. The van der Waals surface area contributed by atoms with E-state index in [2.05, 4.69) is 10.4 Å². The quantitative estimate of drug-likeness (QED) is 0.900. The predicted octanol–water partition coefficient (Wildman–Crippen LogP) is 2.49. The molecule has 0 spiro atoms. The second-order valence-electron chi connectivity index (χ2n) is 6.18. The van der Waals surface area contributed by atoms with Crippen LogP contribution in [-0.2, 0) is 0 Å². The highest BCUT2D eigenvalue weighted by Crippen LogP contribution is 2.22. The summed E-state index contributed by atoms with van der Waals surface area (Å²) >= 11 is 0. The molecule has 1 unspecified atom stereocenters. The molecule has 0 bridgehead atoms. The summed E-state index contributed by atoms with van der Waals surface area (Å²) in [5, 5.41) is 6.98. The highest BCUT2D eigenvalue weighted by Gasteiger charge is 2.34. The first-order valence-corrected chi connectivity index (χ1v) is 8.09. The van der Waals surface area contributed by atoms with Crippen molar-refractivity contribution >= 4 is 5.91 Å².